The highest BCUT2D eigenvalue weighted by Crippen LogP contribution is 2.15. The van der Waals surface area contributed by atoms with Crippen LogP contribution in [-0.2, 0) is 13.0 Å². The van der Waals surface area contributed by atoms with Crippen LogP contribution in [0.5, 0.6) is 5.75 Å². The molecule has 0 spiro atoms. The molecule has 0 saturated heterocycles. The van der Waals surface area contributed by atoms with Crippen molar-refractivity contribution in [1.29, 1.82) is 0 Å². The summed E-state index contributed by atoms with van der Waals surface area (Å²) in [6, 6.07) is 14.8. The molecule has 0 bridgehead atoms. The summed E-state index contributed by atoms with van der Waals surface area (Å²) in [5.74, 6) is 0.786. The Kier molecular flexibility index (Phi) is 5.81. The summed E-state index contributed by atoms with van der Waals surface area (Å²) >= 11 is 0. The minimum atomic E-state index is -1.44. The molecule has 2 aromatic carbocycles. The minimum absolute atomic E-state index is 0.205. The minimum Gasteiger partial charge on any atom is -0.489 e. The zero-order valence-corrected chi connectivity index (χ0v) is 11.8. The molecular formula is C16H19BO4. The number of aliphatic hydroxyl groups excluding tert-OH is 1. The number of benzene rings is 2. The van der Waals surface area contributed by atoms with Gasteiger partial charge in [0, 0.05) is 6.61 Å². The van der Waals surface area contributed by atoms with E-state index in [9.17, 15) is 0 Å². The van der Waals surface area contributed by atoms with Crippen LogP contribution in [0.15, 0.2) is 48.5 Å². The second-order valence-corrected chi connectivity index (χ2v) is 4.88. The Morgan fingerprint density at radius 3 is 2.05 bits per heavy atom. The predicted octanol–water partition coefficient (Wildman–Crippen LogP) is 0.870. The Morgan fingerprint density at radius 1 is 0.857 bits per heavy atom. The van der Waals surface area contributed by atoms with Gasteiger partial charge in [-0.1, -0.05) is 36.4 Å². The van der Waals surface area contributed by atoms with E-state index in [2.05, 4.69) is 0 Å². The van der Waals surface area contributed by atoms with Crippen LogP contribution in [0.2, 0.25) is 0 Å². The molecule has 0 heterocycles. The van der Waals surface area contributed by atoms with Crippen LogP contribution >= 0.6 is 0 Å². The Hall–Kier alpha value is -1.82. The Labute approximate surface area is 124 Å². The van der Waals surface area contributed by atoms with Crippen molar-refractivity contribution in [3.05, 3.63) is 59.7 Å². The van der Waals surface area contributed by atoms with Gasteiger partial charge < -0.3 is 19.9 Å². The van der Waals surface area contributed by atoms with Gasteiger partial charge in [-0.3, -0.25) is 0 Å². The highest BCUT2D eigenvalue weighted by atomic mass is 16.5. The summed E-state index contributed by atoms with van der Waals surface area (Å²) in [4.78, 5) is 0. The number of ether oxygens (including phenoxy) is 1. The number of hydrogen-bond acceptors (Lipinski definition) is 4. The molecule has 0 radical (unpaired) electrons. The van der Waals surface area contributed by atoms with Gasteiger partial charge in [0.05, 0.1) is 0 Å². The summed E-state index contributed by atoms with van der Waals surface area (Å²) in [5, 5.41) is 26.8. The predicted molar refractivity (Wildman–Crippen MR) is 82.4 cm³/mol. The molecule has 2 aromatic rings. The number of aliphatic hydroxyl groups is 1. The first kappa shape index (κ1) is 15.6. The van der Waals surface area contributed by atoms with E-state index in [1.807, 2.05) is 36.4 Å². The normalized spacial score (nSPS) is 10.4. The zero-order chi connectivity index (χ0) is 15.1. The fourth-order valence-corrected chi connectivity index (χ4v) is 1.99. The maximum absolute atomic E-state index is 9.02. The van der Waals surface area contributed by atoms with Crippen molar-refractivity contribution in [1.82, 2.24) is 0 Å². The van der Waals surface area contributed by atoms with Crippen molar-refractivity contribution in [3.63, 3.8) is 0 Å². The van der Waals surface area contributed by atoms with E-state index in [0.717, 1.165) is 24.2 Å². The summed E-state index contributed by atoms with van der Waals surface area (Å²) in [6.07, 6.45) is 1.63. The molecule has 0 aromatic heterocycles. The first-order chi connectivity index (χ1) is 10.2. The van der Waals surface area contributed by atoms with E-state index in [1.165, 1.54) is 5.56 Å². The molecular weight excluding hydrogens is 267 g/mol. The molecule has 0 aliphatic heterocycles. The first-order valence-electron chi connectivity index (χ1n) is 6.96. The van der Waals surface area contributed by atoms with Gasteiger partial charge in [0.25, 0.3) is 0 Å². The van der Waals surface area contributed by atoms with Crippen molar-refractivity contribution in [2.75, 3.05) is 6.61 Å². The van der Waals surface area contributed by atoms with Gasteiger partial charge in [0.15, 0.2) is 0 Å². The lowest BCUT2D eigenvalue weighted by atomic mass is 9.80. The Balaban J connectivity index is 1.87. The van der Waals surface area contributed by atoms with Crippen LogP contribution in [0.1, 0.15) is 17.5 Å². The molecule has 2 rings (SSSR count). The average Bonchev–Trinajstić information content (AvgIpc) is 2.52. The van der Waals surface area contributed by atoms with Crippen LogP contribution in [0.25, 0.3) is 0 Å². The largest absolute Gasteiger partial charge is 0.489 e. The third-order valence-electron chi connectivity index (χ3n) is 3.23. The molecule has 4 nitrogen and oxygen atoms in total. The van der Waals surface area contributed by atoms with Crippen LogP contribution in [-0.4, -0.2) is 28.9 Å². The number of aryl methyl sites for hydroxylation is 1. The lowest BCUT2D eigenvalue weighted by molar-refractivity contribution is 0.288. The van der Waals surface area contributed by atoms with E-state index in [4.69, 9.17) is 19.9 Å². The molecule has 0 aliphatic carbocycles. The van der Waals surface area contributed by atoms with Gasteiger partial charge in [0.1, 0.15) is 12.4 Å². The van der Waals surface area contributed by atoms with Gasteiger partial charge in [-0.25, -0.2) is 0 Å². The molecule has 0 fully saturated rings. The van der Waals surface area contributed by atoms with E-state index in [1.54, 1.807) is 12.1 Å². The second kappa shape index (κ2) is 7.83. The monoisotopic (exact) mass is 286 g/mol. The van der Waals surface area contributed by atoms with Crippen molar-refractivity contribution in [2.24, 2.45) is 0 Å². The van der Waals surface area contributed by atoms with Crippen LogP contribution in [0.4, 0.5) is 0 Å². The van der Waals surface area contributed by atoms with Gasteiger partial charge in [-0.05, 0) is 41.6 Å². The van der Waals surface area contributed by atoms with Crippen LogP contribution < -0.4 is 10.2 Å². The van der Waals surface area contributed by atoms with Crippen molar-refractivity contribution >= 4 is 12.6 Å². The highest BCUT2D eigenvalue weighted by molar-refractivity contribution is 6.58. The third-order valence-corrected chi connectivity index (χ3v) is 3.23. The molecule has 0 unspecified atom stereocenters. The molecule has 0 aliphatic rings. The van der Waals surface area contributed by atoms with E-state index in [-0.39, 0.29) is 6.61 Å². The smallest absolute Gasteiger partial charge is 0.488 e. The lowest BCUT2D eigenvalue weighted by Crippen LogP contribution is -2.29. The second-order valence-electron chi connectivity index (χ2n) is 4.88. The van der Waals surface area contributed by atoms with Gasteiger partial charge in [0.2, 0.25) is 0 Å². The van der Waals surface area contributed by atoms with Crippen molar-refractivity contribution in [2.45, 2.75) is 19.4 Å². The topological polar surface area (TPSA) is 69.9 Å². The first-order valence-corrected chi connectivity index (χ1v) is 6.96. The van der Waals surface area contributed by atoms with Crippen LogP contribution in [0.3, 0.4) is 0 Å². The molecule has 110 valence electrons. The van der Waals surface area contributed by atoms with E-state index >= 15 is 0 Å². The summed E-state index contributed by atoms with van der Waals surface area (Å²) < 4.78 is 5.68. The highest BCUT2D eigenvalue weighted by Gasteiger charge is 2.09. The number of hydrogen-bond donors (Lipinski definition) is 3. The van der Waals surface area contributed by atoms with E-state index < -0.39 is 7.12 Å². The summed E-state index contributed by atoms with van der Waals surface area (Å²) in [7, 11) is -1.44. The van der Waals surface area contributed by atoms with Gasteiger partial charge in [-0.2, -0.15) is 0 Å². The Morgan fingerprint density at radius 2 is 1.48 bits per heavy atom. The fraction of sp³-hybridized carbons (Fsp3) is 0.250. The Bertz CT molecular complexity index is 537. The van der Waals surface area contributed by atoms with Gasteiger partial charge in [-0.15, -0.1) is 0 Å². The van der Waals surface area contributed by atoms with Gasteiger partial charge >= 0.3 is 7.12 Å². The third kappa shape index (κ3) is 4.90. The molecule has 3 N–H and O–H groups in total. The molecule has 0 amide bonds. The average molecular weight is 286 g/mol. The van der Waals surface area contributed by atoms with Crippen molar-refractivity contribution in [3.8, 4) is 5.75 Å². The molecule has 0 saturated carbocycles. The molecule has 0 atom stereocenters. The lowest BCUT2D eigenvalue weighted by Gasteiger charge is -2.08. The molecule has 21 heavy (non-hydrogen) atoms. The maximum atomic E-state index is 9.02. The zero-order valence-electron chi connectivity index (χ0n) is 11.8. The fourth-order valence-electron chi connectivity index (χ4n) is 1.99. The maximum Gasteiger partial charge on any atom is 0.488 e. The standard InChI is InChI=1S/C16H19BO4/c18-11-1-2-13-5-9-16(10-6-13)21-12-14-3-7-15(8-4-14)17(19)20/h3-10,18-20H,1-2,11-12H2. The SMILES string of the molecule is OCCCc1ccc(OCc2ccc(B(O)O)cc2)cc1. The number of rotatable bonds is 7. The van der Waals surface area contributed by atoms with Crippen molar-refractivity contribution < 1.29 is 19.9 Å². The molecule has 5 heteroatoms. The van der Waals surface area contributed by atoms with E-state index in [0.29, 0.717) is 12.1 Å². The summed E-state index contributed by atoms with van der Waals surface area (Å²) in [6.45, 7) is 0.634. The quantitative estimate of drug-likeness (QED) is 0.661. The summed E-state index contributed by atoms with van der Waals surface area (Å²) in [5.41, 5.74) is 2.61. The van der Waals surface area contributed by atoms with Crippen LogP contribution in [0, 0.1) is 0 Å².